The SMILES string of the molecule is CCC(C)CNC(=O)c1ccccc1SCc1occc1C(=O)O. The molecule has 0 saturated carbocycles. The summed E-state index contributed by atoms with van der Waals surface area (Å²) in [6.45, 7) is 4.81. The van der Waals surface area contributed by atoms with E-state index in [1.54, 1.807) is 6.07 Å². The number of hydrogen-bond acceptors (Lipinski definition) is 4. The molecule has 0 saturated heterocycles. The molecule has 24 heavy (non-hydrogen) atoms. The zero-order valence-electron chi connectivity index (χ0n) is 13.7. The number of nitrogens with one attached hydrogen (secondary N) is 1. The Kier molecular flexibility index (Phi) is 6.49. The summed E-state index contributed by atoms with van der Waals surface area (Å²) < 4.78 is 5.24. The molecule has 1 unspecified atom stereocenters. The first-order valence-electron chi connectivity index (χ1n) is 7.82. The Hall–Kier alpha value is -2.21. The highest BCUT2D eigenvalue weighted by atomic mass is 32.2. The Morgan fingerprint density at radius 3 is 2.71 bits per heavy atom. The summed E-state index contributed by atoms with van der Waals surface area (Å²) in [5, 5.41) is 12.0. The molecule has 2 aromatic rings. The minimum atomic E-state index is -1.01. The topological polar surface area (TPSA) is 79.5 Å². The highest BCUT2D eigenvalue weighted by molar-refractivity contribution is 7.98. The normalized spacial score (nSPS) is 11.9. The van der Waals surface area contributed by atoms with Gasteiger partial charge in [0, 0.05) is 11.4 Å². The molecular weight excluding hydrogens is 326 g/mol. The van der Waals surface area contributed by atoms with Crippen LogP contribution >= 0.6 is 11.8 Å². The van der Waals surface area contributed by atoms with Crippen molar-refractivity contribution in [3.8, 4) is 0 Å². The Morgan fingerprint density at radius 2 is 2.00 bits per heavy atom. The third kappa shape index (κ3) is 4.64. The first-order valence-corrected chi connectivity index (χ1v) is 8.81. The summed E-state index contributed by atoms with van der Waals surface area (Å²) >= 11 is 1.39. The molecule has 0 fully saturated rings. The van der Waals surface area contributed by atoms with E-state index < -0.39 is 5.97 Å². The maximum absolute atomic E-state index is 12.4. The molecule has 1 aromatic carbocycles. The van der Waals surface area contributed by atoms with Crippen LogP contribution in [0.3, 0.4) is 0 Å². The van der Waals surface area contributed by atoms with Crippen LogP contribution in [0.1, 0.15) is 46.7 Å². The van der Waals surface area contributed by atoms with Gasteiger partial charge in [0.2, 0.25) is 0 Å². The zero-order valence-corrected chi connectivity index (χ0v) is 14.6. The fraction of sp³-hybridized carbons (Fsp3) is 0.333. The molecule has 128 valence electrons. The molecule has 1 amide bonds. The van der Waals surface area contributed by atoms with Gasteiger partial charge < -0.3 is 14.8 Å². The maximum atomic E-state index is 12.4. The van der Waals surface area contributed by atoms with Crippen LogP contribution in [0.4, 0.5) is 0 Å². The lowest BCUT2D eigenvalue weighted by atomic mass is 10.1. The monoisotopic (exact) mass is 347 g/mol. The van der Waals surface area contributed by atoms with Gasteiger partial charge in [0.15, 0.2) is 0 Å². The molecule has 1 aromatic heterocycles. The van der Waals surface area contributed by atoms with Crippen LogP contribution in [0.15, 0.2) is 45.9 Å². The maximum Gasteiger partial charge on any atom is 0.339 e. The van der Waals surface area contributed by atoms with Crippen molar-refractivity contribution in [3.05, 3.63) is 53.5 Å². The number of thioether (sulfide) groups is 1. The van der Waals surface area contributed by atoms with E-state index in [2.05, 4.69) is 19.2 Å². The quantitative estimate of drug-likeness (QED) is 0.704. The van der Waals surface area contributed by atoms with E-state index in [0.29, 0.717) is 29.5 Å². The van der Waals surface area contributed by atoms with Crippen molar-refractivity contribution in [2.24, 2.45) is 5.92 Å². The highest BCUT2D eigenvalue weighted by Crippen LogP contribution is 2.28. The first-order chi connectivity index (χ1) is 11.5. The number of carbonyl (C=O) groups excluding carboxylic acids is 1. The smallest absolute Gasteiger partial charge is 0.339 e. The first kappa shape index (κ1) is 18.1. The van der Waals surface area contributed by atoms with Crippen LogP contribution < -0.4 is 5.32 Å². The lowest BCUT2D eigenvalue weighted by Crippen LogP contribution is -2.28. The van der Waals surface area contributed by atoms with Crippen LogP contribution in [0.5, 0.6) is 0 Å². The molecular formula is C18H21NO4S. The zero-order chi connectivity index (χ0) is 17.5. The summed E-state index contributed by atoms with van der Waals surface area (Å²) in [7, 11) is 0. The summed E-state index contributed by atoms with van der Waals surface area (Å²) in [5.74, 6) is 0.0390. The average molecular weight is 347 g/mol. The Bertz CT molecular complexity index is 711. The van der Waals surface area contributed by atoms with Crippen LogP contribution in [-0.2, 0) is 5.75 Å². The number of carboxylic acid groups (broad SMARTS) is 1. The van der Waals surface area contributed by atoms with Gasteiger partial charge in [0.1, 0.15) is 11.3 Å². The predicted molar refractivity (Wildman–Crippen MR) is 93.5 cm³/mol. The van der Waals surface area contributed by atoms with Crippen molar-refractivity contribution in [1.29, 1.82) is 0 Å². The van der Waals surface area contributed by atoms with E-state index in [1.807, 2.05) is 18.2 Å². The molecule has 0 radical (unpaired) electrons. The minimum Gasteiger partial charge on any atom is -0.478 e. The minimum absolute atomic E-state index is 0.115. The van der Waals surface area contributed by atoms with Crippen LogP contribution in [0.25, 0.3) is 0 Å². The van der Waals surface area contributed by atoms with Gasteiger partial charge in [-0.1, -0.05) is 32.4 Å². The lowest BCUT2D eigenvalue weighted by Gasteiger charge is -2.12. The fourth-order valence-corrected chi connectivity index (χ4v) is 3.07. The van der Waals surface area contributed by atoms with E-state index in [9.17, 15) is 9.59 Å². The number of carbonyl (C=O) groups is 2. The van der Waals surface area contributed by atoms with Crippen LogP contribution in [0, 0.1) is 5.92 Å². The highest BCUT2D eigenvalue weighted by Gasteiger charge is 2.16. The molecule has 6 heteroatoms. The average Bonchev–Trinajstić information content (AvgIpc) is 3.06. The number of hydrogen-bond donors (Lipinski definition) is 2. The van der Waals surface area contributed by atoms with Crippen molar-refractivity contribution in [3.63, 3.8) is 0 Å². The van der Waals surface area contributed by atoms with Gasteiger partial charge in [-0.25, -0.2) is 4.79 Å². The third-order valence-corrected chi connectivity index (χ3v) is 4.85. The molecule has 0 bridgehead atoms. The van der Waals surface area contributed by atoms with E-state index in [0.717, 1.165) is 11.3 Å². The molecule has 1 atom stereocenters. The molecule has 2 rings (SSSR count). The van der Waals surface area contributed by atoms with Gasteiger partial charge in [0.05, 0.1) is 17.6 Å². The molecule has 2 N–H and O–H groups in total. The van der Waals surface area contributed by atoms with Crippen molar-refractivity contribution in [2.75, 3.05) is 6.54 Å². The van der Waals surface area contributed by atoms with E-state index in [1.165, 1.54) is 24.1 Å². The lowest BCUT2D eigenvalue weighted by molar-refractivity contribution is 0.0694. The molecule has 0 aliphatic carbocycles. The second-order valence-electron chi connectivity index (χ2n) is 5.57. The summed E-state index contributed by atoms with van der Waals surface area (Å²) in [5.41, 5.74) is 0.746. The number of aromatic carboxylic acids is 1. The second-order valence-corrected chi connectivity index (χ2v) is 6.59. The van der Waals surface area contributed by atoms with Crippen LogP contribution in [0.2, 0.25) is 0 Å². The largest absolute Gasteiger partial charge is 0.478 e. The van der Waals surface area contributed by atoms with Gasteiger partial charge >= 0.3 is 5.97 Å². The fourth-order valence-electron chi connectivity index (χ4n) is 2.07. The number of amides is 1. The van der Waals surface area contributed by atoms with E-state index in [-0.39, 0.29) is 11.5 Å². The van der Waals surface area contributed by atoms with E-state index in [4.69, 9.17) is 9.52 Å². The number of rotatable bonds is 8. The van der Waals surface area contributed by atoms with Crippen molar-refractivity contribution < 1.29 is 19.1 Å². The number of furan rings is 1. The molecule has 0 aliphatic heterocycles. The van der Waals surface area contributed by atoms with Crippen molar-refractivity contribution in [1.82, 2.24) is 5.32 Å². The Balaban J connectivity index is 2.07. The predicted octanol–water partition coefficient (Wildman–Crippen LogP) is 4.05. The van der Waals surface area contributed by atoms with Gasteiger partial charge in [-0.15, -0.1) is 11.8 Å². The van der Waals surface area contributed by atoms with E-state index >= 15 is 0 Å². The summed E-state index contributed by atoms with van der Waals surface area (Å²) in [6.07, 6.45) is 2.37. The van der Waals surface area contributed by atoms with Gasteiger partial charge in [-0.2, -0.15) is 0 Å². The molecule has 1 heterocycles. The molecule has 0 aliphatic rings. The summed E-state index contributed by atoms with van der Waals surface area (Å²) in [4.78, 5) is 24.3. The van der Waals surface area contributed by atoms with Gasteiger partial charge in [-0.05, 0) is 24.1 Å². The second kappa shape index (κ2) is 8.59. The van der Waals surface area contributed by atoms with Crippen LogP contribution in [-0.4, -0.2) is 23.5 Å². The summed E-state index contributed by atoms with van der Waals surface area (Å²) in [6, 6.07) is 8.73. The third-order valence-electron chi connectivity index (χ3n) is 3.77. The standard InChI is InChI=1S/C18H21NO4S/c1-3-12(2)10-19-17(20)14-6-4-5-7-16(14)24-11-15-13(18(21)22)8-9-23-15/h4-9,12H,3,10-11H2,1-2H3,(H,19,20)(H,21,22). The van der Waals surface area contributed by atoms with Gasteiger partial charge in [-0.3, -0.25) is 4.79 Å². The molecule has 0 spiro atoms. The Morgan fingerprint density at radius 1 is 1.25 bits per heavy atom. The molecule has 5 nitrogen and oxygen atoms in total. The number of benzene rings is 1. The van der Waals surface area contributed by atoms with Crippen molar-refractivity contribution >= 4 is 23.6 Å². The Labute approximate surface area is 145 Å². The van der Waals surface area contributed by atoms with Crippen molar-refractivity contribution in [2.45, 2.75) is 30.9 Å². The van der Waals surface area contributed by atoms with Gasteiger partial charge in [0.25, 0.3) is 5.91 Å². The number of carboxylic acids is 1.